The summed E-state index contributed by atoms with van der Waals surface area (Å²) in [5.41, 5.74) is 28.4. The predicted molar refractivity (Wildman–Crippen MR) is 354 cm³/mol. The van der Waals surface area contributed by atoms with Crippen LogP contribution in [0.25, 0.3) is 0 Å². The molecule has 8 aromatic heterocycles. The van der Waals surface area contributed by atoms with Crippen LogP contribution in [0.5, 0.6) is 0 Å². The van der Waals surface area contributed by atoms with Crippen LogP contribution in [0.1, 0.15) is 105 Å². The third-order valence-electron chi connectivity index (χ3n) is 15.4. The number of carbonyl (C=O) groups is 4. The van der Waals surface area contributed by atoms with Gasteiger partial charge < -0.3 is 63.8 Å². The number of nitrogens with two attached hydrogens (primary N) is 4. The lowest BCUT2D eigenvalue weighted by Gasteiger charge is -2.33. The van der Waals surface area contributed by atoms with Crippen molar-refractivity contribution in [3.63, 3.8) is 0 Å². The molecular formula is C63H78N20O4S2. The van der Waals surface area contributed by atoms with Crippen molar-refractivity contribution >= 4 is 91.0 Å². The van der Waals surface area contributed by atoms with Crippen molar-refractivity contribution in [1.29, 1.82) is 0 Å². The van der Waals surface area contributed by atoms with Crippen LogP contribution in [-0.2, 0) is 0 Å². The molecule has 0 aromatic carbocycles. The summed E-state index contributed by atoms with van der Waals surface area (Å²) in [6, 6.07) is 21.8. The molecule has 1 atom stereocenters. The van der Waals surface area contributed by atoms with Gasteiger partial charge >= 0.3 is 0 Å². The number of rotatable bonds is 12. The number of nitrogens with one attached hydrogen (secondary N) is 4. The van der Waals surface area contributed by atoms with E-state index >= 15 is 0 Å². The van der Waals surface area contributed by atoms with Crippen molar-refractivity contribution in [2.45, 2.75) is 53.5 Å². The van der Waals surface area contributed by atoms with Crippen molar-refractivity contribution in [2.24, 2.45) is 0 Å². The van der Waals surface area contributed by atoms with Gasteiger partial charge in [-0.2, -0.15) is 0 Å². The van der Waals surface area contributed by atoms with Gasteiger partial charge in [0.25, 0.3) is 0 Å². The molecule has 4 aliphatic rings. The van der Waals surface area contributed by atoms with Crippen LogP contribution in [-0.4, -0.2) is 167 Å². The fourth-order valence-corrected chi connectivity index (χ4v) is 12.4. The summed E-state index contributed by atoms with van der Waals surface area (Å²) in [5.74, 6) is 1.97. The summed E-state index contributed by atoms with van der Waals surface area (Å²) in [6.45, 7) is 23.8. The van der Waals surface area contributed by atoms with E-state index < -0.39 is 0 Å². The fraction of sp³-hybridized carbons (Fsp3) is 0.365. The minimum absolute atomic E-state index is 0.154. The molecule has 466 valence electrons. The molecule has 26 heteroatoms. The van der Waals surface area contributed by atoms with Crippen LogP contribution < -0.4 is 63.8 Å². The molecule has 8 aromatic rings. The van der Waals surface area contributed by atoms with Gasteiger partial charge in [-0.1, -0.05) is 12.1 Å². The number of hydrogen-bond donors (Lipinski definition) is 8. The zero-order valence-electron chi connectivity index (χ0n) is 51.0. The smallest absolute Gasteiger partial charge is 0.216 e. The maximum atomic E-state index is 12.8. The molecule has 12 N–H and O–H groups in total. The molecular weight excluding hydrogens is 1160 g/mol. The van der Waals surface area contributed by atoms with Gasteiger partial charge in [0, 0.05) is 126 Å². The minimum Gasteiger partial charge on any atom is -0.383 e. The molecule has 24 nitrogen and oxygen atoms in total. The number of aromatic nitrogens is 8. The number of piperazine rings is 2. The maximum Gasteiger partial charge on any atom is 0.216 e. The Kier molecular flexibility index (Phi) is 22.4. The second-order valence-corrected chi connectivity index (χ2v) is 24.1. The summed E-state index contributed by atoms with van der Waals surface area (Å²) >= 11 is 3.12. The van der Waals surface area contributed by atoms with Crippen molar-refractivity contribution in [3.05, 3.63) is 163 Å². The number of ketones is 4. The van der Waals surface area contributed by atoms with E-state index in [1.807, 2.05) is 52.0 Å². The van der Waals surface area contributed by atoms with E-state index in [1.165, 1.54) is 0 Å². The molecule has 12 heterocycles. The lowest BCUT2D eigenvalue weighted by Crippen LogP contribution is -2.49. The van der Waals surface area contributed by atoms with Gasteiger partial charge in [0.05, 0.1) is 22.3 Å². The van der Waals surface area contributed by atoms with E-state index in [0.717, 1.165) is 154 Å². The van der Waals surface area contributed by atoms with Crippen LogP contribution in [0.15, 0.2) is 97.6 Å². The number of carbonyl (C=O) groups excluding carboxylic acids is 4. The molecule has 4 aliphatic heterocycles. The number of nitrogens with zero attached hydrogens (tertiary/aromatic N) is 12. The Hall–Kier alpha value is -8.92. The predicted octanol–water partition coefficient (Wildman–Crippen LogP) is 5.32. The second-order valence-electron chi connectivity index (χ2n) is 21.7. The standard InChI is InChI=1S/C17H21N5O.C16H19N5O.2C15H19N5OS/c1-12-5-6-14(22-10-3-7-19-9-11-22)21-15(12)16(23)13-4-2-8-20-17(13)18;1-11-4-5-13(21-9-7-18-8-10-21)20-14(11)15(22)12-3-2-6-19-16(12)17;1-9-8-17-6-7-20(9)15-19-12(10(2)22-15)13(21)11-4-3-5-18-14(11)16;1-10-12(13(21)11-4-2-6-18-14(11)16)19-15(22-10)20-8-3-5-17-7-9-20/h2,4-6,8,19H,3,7,9-11H2,1H3,(H2,18,20);2-6,18H,7-10H2,1H3,(H2,17,19);3-5,9,17H,6-8H2,1-2H3,(H2,16,18);2,4,6,17H,3,5,7-9H2,1H3,(H2,16,18)/t;;9-;/m..1./s1. The first-order valence-corrected chi connectivity index (χ1v) is 31.5. The number of thiazole rings is 2. The first kappa shape index (κ1) is 64.6. The zero-order valence-corrected chi connectivity index (χ0v) is 52.6. The van der Waals surface area contributed by atoms with E-state index in [1.54, 1.807) is 96.0 Å². The molecule has 0 spiro atoms. The average Bonchev–Trinajstić information content (AvgIpc) is 2.62. The Morgan fingerprint density at radius 3 is 1.21 bits per heavy atom. The Bertz CT molecular complexity index is 3740. The normalized spacial score (nSPS) is 16.0. The van der Waals surface area contributed by atoms with Crippen molar-refractivity contribution in [3.8, 4) is 0 Å². The topological polar surface area (TPSA) is 337 Å². The van der Waals surface area contributed by atoms with Crippen molar-refractivity contribution in [2.75, 3.05) is 141 Å². The summed E-state index contributed by atoms with van der Waals surface area (Å²) < 4.78 is 0. The van der Waals surface area contributed by atoms with E-state index in [-0.39, 0.29) is 46.4 Å². The van der Waals surface area contributed by atoms with E-state index in [4.69, 9.17) is 22.9 Å². The van der Waals surface area contributed by atoms with Gasteiger partial charge in [-0.05, 0) is 132 Å². The molecule has 0 aliphatic carbocycles. The third kappa shape index (κ3) is 16.2. The molecule has 0 unspecified atom stereocenters. The Morgan fingerprint density at radius 2 is 0.787 bits per heavy atom. The molecule has 12 rings (SSSR count). The minimum atomic E-state index is -0.180. The number of anilines is 8. The highest BCUT2D eigenvalue weighted by Gasteiger charge is 2.27. The summed E-state index contributed by atoms with van der Waals surface area (Å²) in [5, 5.41) is 15.2. The summed E-state index contributed by atoms with van der Waals surface area (Å²) in [6.07, 6.45) is 8.45. The number of pyridine rings is 6. The summed E-state index contributed by atoms with van der Waals surface area (Å²) in [4.78, 5) is 95.8. The average molecular weight is 1240 g/mol. The Labute approximate surface area is 526 Å². The number of aryl methyl sites for hydroxylation is 4. The molecule has 0 bridgehead atoms. The lowest BCUT2D eigenvalue weighted by molar-refractivity contribution is 0.102. The molecule has 0 radical (unpaired) electrons. The number of hydrogen-bond acceptors (Lipinski definition) is 26. The number of nitrogen functional groups attached to an aromatic ring is 4. The van der Waals surface area contributed by atoms with E-state index in [2.05, 4.69) is 87.7 Å². The van der Waals surface area contributed by atoms with Crippen LogP contribution in [0.4, 0.5) is 45.2 Å². The Morgan fingerprint density at radius 1 is 0.427 bits per heavy atom. The van der Waals surface area contributed by atoms with Gasteiger partial charge in [0.2, 0.25) is 23.1 Å². The molecule has 89 heavy (non-hydrogen) atoms. The quantitative estimate of drug-likeness (QED) is 0.0717. The van der Waals surface area contributed by atoms with Gasteiger partial charge in [-0.15, -0.1) is 22.7 Å². The summed E-state index contributed by atoms with van der Waals surface area (Å²) in [7, 11) is 0. The SMILES string of the molecule is Cc1ccc(N2CCCNCC2)nc1C(=O)c1cccnc1N.Cc1ccc(N2CCNCC2)nc1C(=O)c1cccnc1N.Cc1sc(N2CCCNCC2)nc1C(=O)c1cccnc1N.Cc1sc(N2CCNC[C@H]2C)nc1C(=O)c1cccnc1N. The van der Waals surface area contributed by atoms with E-state index in [0.29, 0.717) is 51.1 Å². The van der Waals surface area contributed by atoms with Gasteiger partial charge in [0.1, 0.15) is 57.7 Å². The highest BCUT2D eigenvalue weighted by atomic mass is 32.1. The molecule has 0 amide bonds. The lowest BCUT2D eigenvalue weighted by atomic mass is 10.0. The Balaban J connectivity index is 0.000000141. The van der Waals surface area contributed by atoms with Gasteiger partial charge in [-0.25, -0.2) is 39.9 Å². The highest BCUT2D eigenvalue weighted by Crippen LogP contribution is 2.31. The monoisotopic (exact) mass is 1240 g/mol. The van der Waals surface area contributed by atoms with Crippen LogP contribution >= 0.6 is 22.7 Å². The molecule has 4 fully saturated rings. The highest BCUT2D eigenvalue weighted by molar-refractivity contribution is 7.16. The van der Waals surface area contributed by atoms with Gasteiger partial charge in [-0.3, -0.25) is 19.2 Å². The van der Waals surface area contributed by atoms with Gasteiger partial charge in [0.15, 0.2) is 10.3 Å². The van der Waals surface area contributed by atoms with Crippen molar-refractivity contribution < 1.29 is 19.2 Å². The van der Waals surface area contributed by atoms with Crippen LogP contribution in [0.3, 0.4) is 0 Å². The first-order valence-electron chi connectivity index (χ1n) is 29.8. The first-order chi connectivity index (χ1) is 43.1. The fourth-order valence-electron chi connectivity index (χ4n) is 10.4. The van der Waals surface area contributed by atoms with Crippen LogP contribution in [0, 0.1) is 27.7 Å². The van der Waals surface area contributed by atoms with Crippen LogP contribution in [0.2, 0.25) is 0 Å². The third-order valence-corrected chi connectivity index (χ3v) is 17.4. The maximum absolute atomic E-state index is 12.8. The second kappa shape index (κ2) is 30.8. The van der Waals surface area contributed by atoms with Crippen molar-refractivity contribution in [1.82, 2.24) is 61.1 Å². The molecule has 0 saturated carbocycles. The largest absolute Gasteiger partial charge is 0.383 e. The molecule has 4 saturated heterocycles. The zero-order chi connectivity index (χ0) is 63.0. The van der Waals surface area contributed by atoms with E-state index in [9.17, 15) is 19.2 Å².